The lowest BCUT2D eigenvalue weighted by atomic mass is 9.88. The lowest BCUT2D eigenvalue weighted by Gasteiger charge is -2.27. The summed E-state index contributed by atoms with van der Waals surface area (Å²) in [4.78, 5) is 4.53. The van der Waals surface area contributed by atoms with Crippen LogP contribution < -0.4 is 5.32 Å². The largest absolute Gasteiger partial charge is 0.337 e. The van der Waals surface area contributed by atoms with Crippen LogP contribution in [0.2, 0.25) is 0 Å². The Morgan fingerprint density at radius 3 is 2.47 bits per heavy atom. The summed E-state index contributed by atoms with van der Waals surface area (Å²) in [6.45, 7) is 5.33. The van der Waals surface area contributed by atoms with Gasteiger partial charge >= 0.3 is 0 Å². The third-order valence-corrected chi connectivity index (χ3v) is 3.63. The predicted octanol–water partition coefficient (Wildman–Crippen LogP) is 3.26. The van der Waals surface area contributed by atoms with Crippen LogP contribution in [0.15, 0.2) is 42.7 Å². The summed E-state index contributed by atoms with van der Waals surface area (Å²) in [7, 11) is 2.06. The molecule has 0 aliphatic carbocycles. The van der Waals surface area contributed by atoms with Gasteiger partial charge in [0.05, 0.1) is 6.04 Å². The summed E-state index contributed by atoms with van der Waals surface area (Å²) < 4.78 is 2.11. The van der Waals surface area contributed by atoms with Crippen LogP contribution in [0.5, 0.6) is 0 Å². The van der Waals surface area contributed by atoms with E-state index in [0.717, 1.165) is 18.8 Å². The van der Waals surface area contributed by atoms with Crippen LogP contribution in [0.3, 0.4) is 0 Å². The maximum absolute atomic E-state index is 4.53. The first-order valence-electron chi connectivity index (χ1n) is 7.03. The Balaban J connectivity index is 2.34. The number of aryl methyl sites for hydroxylation is 1. The van der Waals surface area contributed by atoms with E-state index in [1.54, 1.807) is 0 Å². The number of nitrogens with one attached hydrogen (secondary N) is 1. The van der Waals surface area contributed by atoms with Crippen LogP contribution in [0.4, 0.5) is 0 Å². The SMILES string of the molecule is CCNC(c1nccn1C)C(CC)c1ccccc1. The van der Waals surface area contributed by atoms with E-state index in [9.17, 15) is 0 Å². The summed E-state index contributed by atoms with van der Waals surface area (Å²) in [5.74, 6) is 1.56. The van der Waals surface area contributed by atoms with Crippen molar-refractivity contribution in [3.05, 3.63) is 54.1 Å². The highest BCUT2D eigenvalue weighted by Gasteiger charge is 2.25. The first-order chi connectivity index (χ1) is 9.27. The first-order valence-corrected chi connectivity index (χ1v) is 7.03. The molecule has 0 saturated heterocycles. The molecule has 1 aromatic carbocycles. The molecular weight excluding hydrogens is 234 g/mol. The van der Waals surface area contributed by atoms with Gasteiger partial charge in [-0.3, -0.25) is 0 Å². The standard InChI is InChI=1S/C16H23N3/c1-4-14(13-9-7-6-8-10-13)15(17-5-2)16-18-11-12-19(16)3/h6-12,14-15,17H,4-5H2,1-3H3. The van der Waals surface area contributed by atoms with Crippen LogP contribution in [0, 0.1) is 0 Å². The van der Waals surface area contributed by atoms with Gasteiger partial charge in [0, 0.05) is 25.4 Å². The van der Waals surface area contributed by atoms with Crippen molar-refractivity contribution in [2.45, 2.75) is 32.2 Å². The average molecular weight is 257 g/mol. The van der Waals surface area contributed by atoms with Crippen LogP contribution in [0.25, 0.3) is 0 Å². The second kappa shape index (κ2) is 6.53. The highest BCUT2D eigenvalue weighted by Crippen LogP contribution is 2.32. The van der Waals surface area contributed by atoms with Gasteiger partial charge in [0.2, 0.25) is 0 Å². The molecule has 19 heavy (non-hydrogen) atoms. The smallest absolute Gasteiger partial charge is 0.126 e. The van der Waals surface area contributed by atoms with Gasteiger partial charge in [0.15, 0.2) is 0 Å². The highest BCUT2D eigenvalue weighted by molar-refractivity contribution is 5.23. The number of imidazole rings is 1. The molecule has 0 aliphatic heterocycles. The van der Waals surface area contributed by atoms with Crippen molar-refractivity contribution in [2.75, 3.05) is 6.54 Å². The maximum Gasteiger partial charge on any atom is 0.126 e. The first kappa shape index (κ1) is 13.8. The van der Waals surface area contributed by atoms with E-state index in [1.807, 2.05) is 12.4 Å². The Labute approximate surface area is 115 Å². The number of benzene rings is 1. The second-order valence-electron chi connectivity index (χ2n) is 4.86. The molecule has 3 nitrogen and oxygen atoms in total. The molecule has 0 radical (unpaired) electrons. The molecule has 0 spiro atoms. The summed E-state index contributed by atoms with van der Waals surface area (Å²) in [6.07, 6.45) is 4.98. The van der Waals surface area contributed by atoms with Crippen molar-refractivity contribution in [1.29, 1.82) is 0 Å². The van der Waals surface area contributed by atoms with Crippen molar-refractivity contribution in [2.24, 2.45) is 7.05 Å². The minimum atomic E-state index is 0.261. The molecule has 2 unspecified atom stereocenters. The topological polar surface area (TPSA) is 29.9 Å². The normalized spacial score (nSPS) is 14.3. The Kier molecular flexibility index (Phi) is 4.74. The van der Waals surface area contributed by atoms with Gasteiger partial charge in [-0.05, 0) is 18.5 Å². The molecule has 0 saturated carbocycles. The fraction of sp³-hybridized carbons (Fsp3) is 0.438. The molecule has 2 aromatic rings. The fourth-order valence-electron chi connectivity index (χ4n) is 2.67. The lowest BCUT2D eigenvalue weighted by Crippen LogP contribution is -2.29. The van der Waals surface area contributed by atoms with Gasteiger partial charge in [-0.1, -0.05) is 44.2 Å². The Hall–Kier alpha value is -1.61. The monoisotopic (exact) mass is 257 g/mol. The molecule has 2 atom stereocenters. The van der Waals surface area contributed by atoms with E-state index < -0.39 is 0 Å². The van der Waals surface area contributed by atoms with E-state index in [-0.39, 0.29) is 6.04 Å². The van der Waals surface area contributed by atoms with Crippen LogP contribution in [-0.4, -0.2) is 16.1 Å². The average Bonchev–Trinajstić information content (AvgIpc) is 2.86. The zero-order valence-corrected chi connectivity index (χ0v) is 12.0. The number of hydrogen-bond donors (Lipinski definition) is 1. The summed E-state index contributed by atoms with van der Waals surface area (Å²) in [6, 6.07) is 11.0. The minimum Gasteiger partial charge on any atom is -0.337 e. The maximum atomic E-state index is 4.53. The van der Waals surface area contributed by atoms with E-state index in [0.29, 0.717) is 5.92 Å². The number of aromatic nitrogens is 2. The van der Waals surface area contributed by atoms with Crippen LogP contribution in [0.1, 0.15) is 43.6 Å². The van der Waals surface area contributed by atoms with Gasteiger partial charge in [-0.25, -0.2) is 4.98 Å². The molecule has 0 bridgehead atoms. The molecule has 3 heteroatoms. The van der Waals surface area contributed by atoms with E-state index in [2.05, 4.69) is 66.1 Å². The van der Waals surface area contributed by atoms with Gasteiger partial charge < -0.3 is 9.88 Å². The van der Waals surface area contributed by atoms with Crippen molar-refractivity contribution >= 4 is 0 Å². The van der Waals surface area contributed by atoms with Crippen LogP contribution in [-0.2, 0) is 7.05 Å². The second-order valence-corrected chi connectivity index (χ2v) is 4.86. The quantitative estimate of drug-likeness (QED) is 0.860. The number of hydrogen-bond acceptors (Lipinski definition) is 2. The third-order valence-electron chi connectivity index (χ3n) is 3.63. The van der Waals surface area contributed by atoms with Gasteiger partial charge in [0.25, 0.3) is 0 Å². The molecular formula is C16H23N3. The molecule has 2 rings (SSSR count). The predicted molar refractivity (Wildman–Crippen MR) is 79.1 cm³/mol. The summed E-state index contributed by atoms with van der Waals surface area (Å²) in [5.41, 5.74) is 1.37. The van der Waals surface area contributed by atoms with Gasteiger partial charge in [0.1, 0.15) is 5.82 Å². The van der Waals surface area contributed by atoms with Crippen molar-refractivity contribution in [3.8, 4) is 0 Å². The van der Waals surface area contributed by atoms with E-state index in [4.69, 9.17) is 0 Å². The van der Waals surface area contributed by atoms with Crippen LogP contribution >= 0.6 is 0 Å². The van der Waals surface area contributed by atoms with Crippen molar-refractivity contribution in [3.63, 3.8) is 0 Å². The van der Waals surface area contributed by atoms with E-state index in [1.165, 1.54) is 5.56 Å². The molecule has 1 aromatic heterocycles. The fourth-order valence-corrected chi connectivity index (χ4v) is 2.67. The molecule has 102 valence electrons. The molecule has 0 aliphatic rings. The van der Waals surface area contributed by atoms with Crippen molar-refractivity contribution < 1.29 is 0 Å². The number of nitrogens with zero attached hydrogens (tertiary/aromatic N) is 2. The summed E-state index contributed by atoms with van der Waals surface area (Å²) in [5, 5.41) is 3.59. The van der Waals surface area contributed by atoms with E-state index >= 15 is 0 Å². The summed E-state index contributed by atoms with van der Waals surface area (Å²) >= 11 is 0. The Morgan fingerprint density at radius 1 is 1.21 bits per heavy atom. The highest BCUT2D eigenvalue weighted by atomic mass is 15.1. The zero-order valence-electron chi connectivity index (χ0n) is 12.0. The number of rotatable bonds is 6. The third kappa shape index (κ3) is 3.04. The Morgan fingerprint density at radius 2 is 1.95 bits per heavy atom. The zero-order chi connectivity index (χ0) is 13.7. The van der Waals surface area contributed by atoms with Crippen molar-refractivity contribution in [1.82, 2.24) is 14.9 Å². The lowest BCUT2D eigenvalue weighted by molar-refractivity contribution is 0.417. The van der Waals surface area contributed by atoms with Gasteiger partial charge in [-0.15, -0.1) is 0 Å². The van der Waals surface area contributed by atoms with Gasteiger partial charge in [-0.2, -0.15) is 0 Å². The molecule has 1 N–H and O–H groups in total. The number of likely N-dealkylation sites (N-methyl/N-ethyl adjacent to an activating group) is 1. The Bertz CT molecular complexity index is 490. The minimum absolute atomic E-state index is 0.261. The molecule has 0 amide bonds. The molecule has 1 heterocycles. The molecule has 0 fully saturated rings.